The standard InChI is InChI=1S/C41H80NO8P/c1-3-5-7-9-11-13-15-17-18-19-20-21-22-24-26-28-30-32-34-41(44)50-39(38-49-51(45,46)48-36-35-42)37-47-40(43)33-31-29-27-25-23-16-14-12-10-8-6-4-2/h12,14,39H,3-11,13,15-38,42H2,1-2H3,(H,45,46)/b14-12+/t39-/m1/s1. The quantitative estimate of drug-likeness (QED) is 0.0272. The summed E-state index contributed by atoms with van der Waals surface area (Å²) in [5.74, 6) is -0.830. The number of ether oxygens (including phenoxy) is 2. The maximum atomic E-state index is 12.6. The fourth-order valence-electron chi connectivity index (χ4n) is 5.98. The molecular formula is C41H80NO8P. The van der Waals surface area contributed by atoms with Crippen LogP contribution < -0.4 is 5.73 Å². The van der Waals surface area contributed by atoms with Crippen molar-refractivity contribution in [3.8, 4) is 0 Å². The summed E-state index contributed by atoms with van der Waals surface area (Å²) >= 11 is 0. The van der Waals surface area contributed by atoms with Crippen molar-refractivity contribution in [2.45, 2.75) is 213 Å². The third-order valence-corrected chi connectivity index (χ3v) is 10.1. The molecule has 0 heterocycles. The van der Waals surface area contributed by atoms with Crippen LogP contribution in [-0.4, -0.2) is 49.3 Å². The lowest BCUT2D eigenvalue weighted by Crippen LogP contribution is -2.29. The van der Waals surface area contributed by atoms with Gasteiger partial charge in [-0.1, -0.05) is 167 Å². The van der Waals surface area contributed by atoms with Gasteiger partial charge in [0, 0.05) is 19.4 Å². The lowest BCUT2D eigenvalue weighted by molar-refractivity contribution is -0.161. The molecule has 0 aromatic carbocycles. The Bertz CT molecular complexity index is 856. The van der Waals surface area contributed by atoms with Gasteiger partial charge in [0.25, 0.3) is 0 Å². The molecule has 9 nitrogen and oxygen atoms in total. The molecule has 0 amide bonds. The second kappa shape index (κ2) is 38.5. The first-order valence-electron chi connectivity index (χ1n) is 21.2. The molecule has 10 heteroatoms. The lowest BCUT2D eigenvalue weighted by Gasteiger charge is -2.19. The number of carbonyl (C=O) groups is 2. The number of allylic oxidation sites excluding steroid dienone is 2. The average Bonchev–Trinajstić information content (AvgIpc) is 3.11. The molecule has 0 aromatic heterocycles. The largest absolute Gasteiger partial charge is 0.472 e. The first-order chi connectivity index (χ1) is 24.8. The average molecular weight is 746 g/mol. The molecule has 3 N–H and O–H groups in total. The first-order valence-corrected chi connectivity index (χ1v) is 22.7. The Kier molecular flexibility index (Phi) is 37.5. The number of nitrogens with two attached hydrogens (primary N) is 1. The van der Waals surface area contributed by atoms with Crippen molar-refractivity contribution in [1.82, 2.24) is 0 Å². The van der Waals surface area contributed by atoms with Crippen molar-refractivity contribution in [3.05, 3.63) is 12.2 Å². The smallest absolute Gasteiger partial charge is 0.462 e. The second-order valence-electron chi connectivity index (χ2n) is 14.2. The minimum atomic E-state index is -4.37. The molecule has 0 bridgehead atoms. The van der Waals surface area contributed by atoms with Gasteiger partial charge < -0.3 is 20.1 Å². The number of hydrogen-bond donors (Lipinski definition) is 2. The van der Waals surface area contributed by atoms with E-state index in [1.807, 2.05) is 0 Å². The molecule has 0 radical (unpaired) electrons. The Balaban J connectivity index is 4.11. The first kappa shape index (κ1) is 49.8. The fourth-order valence-corrected chi connectivity index (χ4v) is 6.75. The minimum Gasteiger partial charge on any atom is -0.462 e. The van der Waals surface area contributed by atoms with Crippen molar-refractivity contribution in [3.63, 3.8) is 0 Å². The van der Waals surface area contributed by atoms with E-state index in [4.69, 9.17) is 24.3 Å². The summed E-state index contributed by atoms with van der Waals surface area (Å²) in [7, 11) is -4.37. The minimum absolute atomic E-state index is 0.0551. The van der Waals surface area contributed by atoms with E-state index in [2.05, 4.69) is 26.0 Å². The Morgan fingerprint density at radius 2 is 0.961 bits per heavy atom. The maximum absolute atomic E-state index is 12.6. The molecule has 0 rings (SSSR count). The van der Waals surface area contributed by atoms with Crippen LogP contribution in [0.5, 0.6) is 0 Å². The van der Waals surface area contributed by atoms with Crippen LogP contribution in [0.4, 0.5) is 0 Å². The van der Waals surface area contributed by atoms with Crippen LogP contribution in [0.25, 0.3) is 0 Å². The van der Waals surface area contributed by atoms with Gasteiger partial charge in [-0.2, -0.15) is 0 Å². The van der Waals surface area contributed by atoms with Crippen LogP contribution >= 0.6 is 7.82 Å². The monoisotopic (exact) mass is 746 g/mol. The molecule has 0 aliphatic rings. The molecule has 0 spiro atoms. The van der Waals surface area contributed by atoms with Crippen LogP contribution in [0, 0.1) is 0 Å². The molecule has 2 atom stereocenters. The summed E-state index contributed by atoms with van der Waals surface area (Å²) < 4.78 is 32.7. The van der Waals surface area contributed by atoms with Gasteiger partial charge in [0.2, 0.25) is 0 Å². The molecule has 0 saturated carbocycles. The molecule has 51 heavy (non-hydrogen) atoms. The topological polar surface area (TPSA) is 134 Å². The van der Waals surface area contributed by atoms with E-state index in [0.29, 0.717) is 6.42 Å². The highest BCUT2D eigenvalue weighted by molar-refractivity contribution is 7.47. The van der Waals surface area contributed by atoms with Crippen LogP contribution in [0.3, 0.4) is 0 Å². The molecule has 302 valence electrons. The van der Waals surface area contributed by atoms with Gasteiger partial charge in [-0.25, -0.2) is 4.57 Å². The Hall–Kier alpha value is -1.25. The number of unbranched alkanes of at least 4 members (excludes halogenated alkanes) is 25. The number of rotatable bonds is 40. The van der Waals surface area contributed by atoms with Crippen molar-refractivity contribution in [2.75, 3.05) is 26.4 Å². The van der Waals surface area contributed by atoms with Crippen LogP contribution in [0.2, 0.25) is 0 Å². The van der Waals surface area contributed by atoms with Gasteiger partial charge >= 0.3 is 19.8 Å². The van der Waals surface area contributed by atoms with E-state index in [-0.39, 0.29) is 38.6 Å². The zero-order valence-electron chi connectivity index (χ0n) is 33.1. The zero-order valence-corrected chi connectivity index (χ0v) is 34.0. The summed E-state index contributed by atoms with van der Waals surface area (Å²) in [4.78, 5) is 34.8. The molecule has 0 aromatic rings. The summed E-state index contributed by atoms with van der Waals surface area (Å²) in [5.41, 5.74) is 5.34. The van der Waals surface area contributed by atoms with E-state index in [1.165, 1.54) is 122 Å². The van der Waals surface area contributed by atoms with Crippen molar-refractivity contribution in [2.24, 2.45) is 5.73 Å². The second-order valence-corrected chi connectivity index (χ2v) is 15.7. The summed E-state index contributed by atoms with van der Waals surface area (Å²) in [6, 6.07) is 0. The Labute approximate surface area is 313 Å². The third-order valence-electron chi connectivity index (χ3n) is 9.15. The SMILES string of the molecule is CCCCC/C=C/CCCCCCCC(=O)OC[C@H](COP(=O)(O)OCCN)OC(=O)CCCCCCCCCCCCCCCCCCCC. The lowest BCUT2D eigenvalue weighted by atomic mass is 10.0. The predicted octanol–water partition coefficient (Wildman–Crippen LogP) is 11.8. The Morgan fingerprint density at radius 1 is 0.569 bits per heavy atom. The fraction of sp³-hybridized carbons (Fsp3) is 0.902. The highest BCUT2D eigenvalue weighted by atomic mass is 31.2. The van der Waals surface area contributed by atoms with Crippen molar-refractivity contribution < 1.29 is 37.6 Å². The van der Waals surface area contributed by atoms with Gasteiger partial charge in [-0.3, -0.25) is 18.6 Å². The van der Waals surface area contributed by atoms with Gasteiger partial charge in [0.1, 0.15) is 6.61 Å². The zero-order chi connectivity index (χ0) is 37.5. The highest BCUT2D eigenvalue weighted by Gasteiger charge is 2.26. The van der Waals surface area contributed by atoms with Crippen LogP contribution in [-0.2, 0) is 32.7 Å². The summed E-state index contributed by atoms with van der Waals surface area (Å²) in [6.07, 6.45) is 38.1. The number of hydrogen-bond acceptors (Lipinski definition) is 8. The predicted molar refractivity (Wildman–Crippen MR) is 211 cm³/mol. The van der Waals surface area contributed by atoms with Gasteiger partial charge in [-0.15, -0.1) is 0 Å². The van der Waals surface area contributed by atoms with Gasteiger partial charge in [-0.05, 0) is 38.5 Å². The number of esters is 2. The van der Waals surface area contributed by atoms with Gasteiger partial charge in [0.05, 0.1) is 13.2 Å². The number of phosphoric ester groups is 1. The van der Waals surface area contributed by atoms with Gasteiger partial charge in [0.15, 0.2) is 6.10 Å². The van der Waals surface area contributed by atoms with E-state index < -0.39 is 26.5 Å². The number of carbonyl (C=O) groups excluding carboxylic acids is 2. The number of phosphoric acid groups is 1. The van der Waals surface area contributed by atoms with E-state index in [9.17, 15) is 19.0 Å². The molecule has 1 unspecified atom stereocenters. The molecular weight excluding hydrogens is 665 g/mol. The molecule has 0 aliphatic carbocycles. The molecule has 0 saturated heterocycles. The van der Waals surface area contributed by atoms with Crippen LogP contribution in [0.15, 0.2) is 12.2 Å². The molecule has 0 aliphatic heterocycles. The molecule has 0 fully saturated rings. The van der Waals surface area contributed by atoms with Crippen LogP contribution in [0.1, 0.15) is 206 Å². The van der Waals surface area contributed by atoms with E-state index in [1.54, 1.807) is 0 Å². The summed E-state index contributed by atoms with van der Waals surface area (Å²) in [6.45, 7) is 3.72. The van der Waals surface area contributed by atoms with E-state index in [0.717, 1.165) is 51.4 Å². The summed E-state index contributed by atoms with van der Waals surface area (Å²) in [5, 5.41) is 0. The maximum Gasteiger partial charge on any atom is 0.472 e. The van der Waals surface area contributed by atoms with Crippen molar-refractivity contribution in [1.29, 1.82) is 0 Å². The highest BCUT2D eigenvalue weighted by Crippen LogP contribution is 2.43. The van der Waals surface area contributed by atoms with E-state index >= 15 is 0 Å². The normalized spacial score (nSPS) is 13.4. The Morgan fingerprint density at radius 3 is 1.43 bits per heavy atom. The van der Waals surface area contributed by atoms with Crippen molar-refractivity contribution >= 4 is 19.8 Å². The third kappa shape index (κ3) is 38.3.